The van der Waals surface area contributed by atoms with Crippen molar-refractivity contribution < 1.29 is 14.4 Å². The molecule has 2 amide bonds. The largest absolute Gasteiger partial charge is 0.340 e. The first-order chi connectivity index (χ1) is 9.04. The van der Waals surface area contributed by atoms with E-state index in [0.29, 0.717) is 31.7 Å². The van der Waals surface area contributed by atoms with Gasteiger partial charge in [0.05, 0.1) is 6.20 Å². The quantitative estimate of drug-likeness (QED) is 0.789. The highest BCUT2D eigenvalue weighted by atomic mass is 16.2. The Balaban J connectivity index is 1.89. The van der Waals surface area contributed by atoms with Crippen LogP contribution in [0.4, 0.5) is 5.82 Å². The van der Waals surface area contributed by atoms with Crippen LogP contribution in [-0.4, -0.2) is 50.6 Å². The molecule has 1 aliphatic heterocycles. The highest BCUT2D eigenvalue weighted by Crippen LogP contribution is 2.07. The second kappa shape index (κ2) is 5.59. The van der Waals surface area contributed by atoms with Gasteiger partial charge in [-0.15, -0.1) is 5.10 Å². The molecule has 1 aliphatic rings. The number of ketones is 1. The Bertz CT molecular complexity index is 500. The number of Topliss-reactive ketones (excluding diaryl/α,β-unsaturated/α-hetero) is 1. The molecule has 2 rings (SSSR count). The third-order valence-corrected chi connectivity index (χ3v) is 2.81. The van der Waals surface area contributed by atoms with Crippen LogP contribution in [0, 0.1) is 0 Å². The number of anilines is 1. The van der Waals surface area contributed by atoms with Crippen LogP contribution < -0.4 is 5.32 Å². The molecule has 0 aromatic carbocycles. The van der Waals surface area contributed by atoms with E-state index in [1.807, 2.05) is 0 Å². The minimum Gasteiger partial charge on any atom is -0.340 e. The van der Waals surface area contributed by atoms with Crippen LogP contribution in [0.15, 0.2) is 6.20 Å². The number of hydrogen-bond donors (Lipinski definition) is 1. The summed E-state index contributed by atoms with van der Waals surface area (Å²) >= 11 is 0. The molecule has 2 heterocycles. The molecular formula is C11H15N5O3. The lowest BCUT2D eigenvalue weighted by Crippen LogP contribution is -2.40. The predicted molar refractivity (Wildman–Crippen MR) is 65.1 cm³/mol. The van der Waals surface area contributed by atoms with Crippen LogP contribution in [0.25, 0.3) is 0 Å². The zero-order valence-electron chi connectivity index (χ0n) is 10.6. The molecule has 0 atom stereocenters. The molecule has 1 saturated heterocycles. The molecule has 0 aliphatic carbocycles. The number of aromatic nitrogens is 3. The summed E-state index contributed by atoms with van der Waals surface area (Å²) in [6, 6.07) is 0. The van der Waals surface area contributed by atoms with E-state index < -0.39 is 0 Å². The smallest absolute Gasteiger partial charge is 0.244 e. The molecule has 0 bridgehead atoms. The Morgan fingerprint density at radius 2 is 2.05 bits per heavy atom. The minimum atomic E-state index is -0.243. The van der Waals surface area contributed by atoms with Crippen molar-refractivity contribution in [2.45, 2.75) is 26.3 Å². The summed E-state index contributed by atoms with van der Waals surface area (Å²) in [5.41, 5.74) is 0. The number of carbonyl (C=O) groups is 3. The molecule has 19 heavy (non-hydrogen) atoms. The van der Waals surface area contributed by atoms with E-state index in [2.05, 4.69) is 15.6 Å². The van der Waals surface area contributed by atoms with Crippen LogP contribution in [0.3, 0.4) is 0 Å². The SMILES string of the molecule is CC(=O)Nc1cn(CC(=O)N2CCC(=O)CC2)nn1. The van der Waals surface area contributed by atoms with Crippen molar-refractivity contribution in [3.63, 3.8) is 0 Å². The van der Waals surface area contributed by atoms with Gasteiger partial charge in [-0.25, -0.2) is 4.68 Å². The molecule has 1 fully saturated rings. The van der Waals surface area contributed by atoms with Crippen molar-refractivity contribution in [2.75, 3.05) is 18.4 Å². The van der Waals surface area contributed by atoms with Crippen LogP contribution in [0.1, 0.15) is 19.8 Å². The van der Waals surface area contributed by atoms with E-state index in [4.69, 9.17) is 0 Å². The van der Waals surface area contributed by atoms with E-state index in [0.717, 1.165) is 0 Å². The number of piperidine rings is 1. The van der Waals surface area contributed by atoms with Crippen LogP contribution in [0.5, 0.6) is 0 Å². The van der Waals surface area contributed by atoms with E-state index in [-0.39, 0.29) is 24.1 Å². The number of likely N-dealkylation sites (tertiary alicyclic amines) is 1. The van der Waals surface area contributed by atoms with Gasteiger partial charge in [0.15, 0.2) is 5.82 Å². The zero-order valence-corrected chi connectivity index (χ0v) is 10.6. The topological polar surface area (TPSA) is 97.2 Å². The number of hydrogen-bond acceptors (Lipinski definition) is 5. The lowest BCUT2D eigenvalue weighted by atomic mass is 10.1. The van der Waals surface area contributed by atoms with Gasteiger partial charge < -0.3 is 10.2 Å². The maximum atomic E-state index is 11.9. The lowest BCUT2D eigenvalue weighted by Gasteiger charge is -2.25. The van der Waals surface area contributed by atoms with Crippen LogP contribution in [-0.2, 0) is 20.9 Å². The Morgan fingerprint density at radius 3 is 2.68 bits per heavy atom. The molecule has 1 aromatic heterocycles. The molecule has 0 unspecified atom stereocenters. The third-order valence-electron chi connectivity index (χ3n) is 2.81. The van der Waals surface area contributed by atoms with Gasteiger partial charge in [-0.1, -0.05) is 5.21 Å². The maximum absolute atomic E-state index is 11.9. The summed E-state index contributed by atoms with van der Waals surface area (Å²) < 4.78 is 1.37. The van der Waals surface area contributed by atoms with E-state index in [1.165, 1.54) is 17.8 Å². The summed E-state index contributed by atoms with van der Waals surface area (Å²) in [6.45, 7) is 2.35. The Labute approximate surface area is 109 Å². The highest BCUT2D eigenvalue weighted by molar-refractivity contribution is 5.87. The van der Waals surface area contributed by atoms with Crippen LogP contribution >= 0.6 is 0 Å². The number of amides is 2. The van der Waals surface area contributed by atoms with E-state index >= 15 is 0 Å². The molecular weight excluding hydrogens is 250 g/mol. The fourth-order valence-electron chi connectivity index (χ4n) is 1.86. The first kappa shape index (κ1) is 13.2. The Kier molecular flexibility index (Phi) is 3.88. The average molecular weight is 265 g/mol. The second-order valence-corrected chi connectivity index (χ2v) is 4.40. The maximum Gasteiger partial charge on any atom is 0.244 e. The molecule has 1 aromatic rings. The van der Waals surface area contributed by atoms with Gasteiger partial charge in [0.2, 0.25) is 11.8 Å². The monoisotopic (exact) mass is 265 g/mol. The number of carbonyl (C=O) groups excluding carboxylic acids is 3. The molecule has 0 saturated carbocycles. The van der Waals surface area contributed by atoms with Gasteiger partial charge in [0.25, 0.3) is 0 Å². The van der Waals surface area contributed by atoms with Crippen molar-refractivity contribution in [3.8, 4) is 0 Å². The summed E-state index contributed by atoms with van der Waals surface area (Å²) in [4.78, 5) is 35.5. The van der Waals surface area contributed by atoms with Gasteiger partial charge >= 0.3 is 0 Å². The number of nitrogens with zero attached hydrogens (tertiary/aromatic N) is 4. The van der Waals surface area contributed by atoms with Gasteiger partial charge in [-0.05, 0) is 0 Å². The summed E-state index contributed by atoms with van der Waals surface area (Å²) in [7, 11) is 0. The van der Waals surface area contributed by atoms with Gasteiger partial charge in [0.1, 0.15) is 12.3 Å². The van der Waals surface area contributed by atoms with Crippen molar-refractivity contribution in [2.24, 2.45) is 0 Å². The molecule has 1 N–H and O–H groups in total. The van der Waals surface area contributed by atoms with E-state index in [9.17, 15) is 14.4 Å². The van der Waals surface area contributed by atoms with Crippen molar-refractivity contribution in [3.05, 3.63) is 6.20 Å². The zero-order chi connectivity index (χ0) is 13.8. The van der Waals surface area contributed by atoms with Gasteiger partial charge in [-0.3, -0.25) is 14.4 Å². The van der Waals surface area contributed by atoms with Crippen molar-refractivity contribution in [1.29, 1.82) is 0 Å². The molecule has 0 radical (unpaired) electrons. The van der Waals surface area contributed by atoms with Crippen molar-refractivity contribution >= 4 is 23.4 Å². The Hall–Kier alpha value is -2.25. The van der Waals surface area contributed by atoms with Crippen molar-refractivity contribution in [1.82, 2.24) is 19.9 Å². The first-order valence-corrected chi connectivity index (χ1v) is 6.02. The molecule has 8 heteroatoms. The summed E-state index contributed by atoms with van der Waals surface area (Å²) in [5.74, 6) is 0.159. The third kappa shape index (κ3) is 3.60. The lowest BCUT2D eigenvalue weighted by molar-refractivity contribution is -0.135. The van der Waals surface area contributed by atoms with E-state index in [1.54, 1.807) is 4.90 Å². The highest BCUT2D eigenvalue weighted by Gasteiger charge is 2.21. The number of nitrogens with one attached hydrogen (secondary N) is 1. The summed E-state index contributed by atoms with van der Waals surface area (Å²) in [6.07, 6.45) is 2.33. The Morgan fingerprint density at radius 1 is 1.37 bits per heavy atom. The van der Waals surface area contributed by atoms with Gasteiger partial charge in [-0.2, -0.15) is 0 Å². The first-order valence-electron chi connectivity index (χ1n) is 6.02. The fraction of sp³-hybridized carbons (Fsp3) is 0.545. The fourth-order valence-corrected chi connectivity index (χ4v) is 1.86. The molecule has 102 valence electrons. The molecule has 8 nitrogen and oxygen atoms in total. The van der Waals surface area contributed by atoms with Crippen LogP contribution in [0.2, 0.25) is 0 Å². The summed E-state index contributed by atoms with van der Waals surface area (Å²) in [5, 5.41) is 9.96. The number of rotatable bonds is 3. The van der Waals surface area contributed by atoms with Gasteiger partial charge in [0, 0.05) is 32.9 Å². The minimum absolute atomic E-state index is 0.0563. The predicted octanol–water partition coefficient (Wildman–Crippen LogP) is -0.572. The standard InChI is InChI=1S/C11H15N5O3/c1-8(17)12-10-6-16(14-13-10)7-11(19)15-4-2-9(18)3-5-15/h6H,2-5,7H2,1H3,(H,12,17). The average Bonchev–Trinajstić information content (AvgIpc) is 2.76. The normalized spacial score (nSPS) is 15.4. The molecule has 0 spiro atoms. The second-order valence-electron chi connectivity index (χ2n) is 4.40.